The molecule has 0 aliphatic carbocycles. The Balaban J connectivity index is 2.32. The van der Waals surface area contributed by atoms with Crippen LogP contribution >= 0.6 is 0 Å². The van der Waals surface area contributed by atoms with Crippen LogP contribution in [0.25, 0.3) is 0 Å². The second-order valence-corrected chi connectivity index (χ2v) is 4.62. The molecule has 0 bridgehead atoms. The summed E-state index contributed by atoms with van der Waals surface area (Å²) in [5.74, 6) is -0.750. The van der Waals surface area contributed by atoms with Crippen LogP contribution in [0.4, 0.5) is 10.1 Å². The normalized spacial score (nSPS) is 18.2. The van der Waals surface area contributed by atoms with Crippen LogP contribution in [0.3, 0.4) is 0 Å². The quantitative estimate of drug-likeness (QED) is 0.595. The summed E-state index contributed by atoms with van der Waals surface area (Å²) in [6, 6.07) is 5.34. The van der Waals surface area contributed by atoms with E-state index in [1.807, 2.05) is 13.8 Å². The van der Waals surface area contributed by atoms with E-state index in [1.54, 1.807) is 6.08 Å². The topological polar surface area (TPSA) is 37.4 Å². The van der Waals surface area contributed by atoms with Crippen LogP contribution in [-0.2, 0) is 9.59 Å². The standard InChI is InChI=1S/C14H14FNO2/c1-9(2)7-10-8-13(17)16(14(10)18)12-5-3-11(15)4-6-12/h3-7,9H,8H2,1-2H3. The first-order chi connectivity index (χ1) is 8.49. The van der Waals surface area contributed by atoms with E-state index in [-0.39, 0.29) is 24.2 Å². The number of halogens is 1. The molecule has 0 saturated carbocycles. The molecule has 94 valence electrons. The Morgan fingerprint density at radius 2 is 1.83 bits per heavy atom. The van der Waals surface area contributed by atoms with Gasteiger partial charge in [-0.2, -0.15) is 0 Å². The molecule has 1 heterocycles. The van der Waals surface area contributed by atoms with Crippen LogP contribution in [-0.4, -0.2) is 11.8 Å². The summed E-state index contributed by atoms with van der Waals surface area (Å²) in [5.41, 5.74) is 0.929. The lowest BCUT2D eigenvalue weighted by Gasteiger charge is -2.13. The van der Waals surface area contributed by atoms with Crippen molar-refractivity contribution < 1.29 is 14.0 Å². The molecule has 2 rings (SSSR count). The summed E-state index contributed by atoms with van der Waals surface area (Å²) >= 11 is 0. The van der Waals surface area contributed by atoms with Crippen LogP contribution in [0, 0.1) is 11.7 Å². The Hall–Kier alpha value is -1.97. The van der Waals surface area contributed by atoms with Gasteiger partial charge in [0.15, 0.2) is 0 Å². The number of hydrogen-bond acceptors (Lipinski definition) is 2. The van der Waals surface area contributed by atoms with Crippen LogP contribution in [0.2, 0.25) is 0 Å². The zero-order valence-electron chi connectivity index (χ0n) is 10.3. The predicted octanol–water partition coefficient (Wildman–Crippen LogP) is 2.67. The first-order valence-electron chi connectivity index (χ1n) is 5.82. The van der Waals surface area contributed by atoms with Crippen LogP contribution in [0.1, 0.15) is 20.3 Å². The van der Waals surface area contributed by atoms with Gasteiger partial charge in [0.05, 0.1) is 12.1 Å². The van der Waals surface area contributed by atoms with Crippen molar-refractivity contribution in [2.24, 2.45) is 5.92 Å². The maximum atomic E-state index is 12.8. The highest BCUT2D eigenvalue weighted by Gasteiger charge is 2.34. The monoisotopic (exact) mass is 247 g/mol. The maximum Gasteiger partial charge on any atom is 0.261 e. The van der Waals surface area contributed by atoms with E-state index in [9.17, 15) is 14.0 Å². The van der Waals surface area contributed by atoms with Crippen LogP contribution in [0.5, 0.6) is 0 Å². The van der Waals surface area contributed by atoms with Crippen LogP contribution < -0.4 is 4.90 Å². The Morgan fingerprint density at radius 3 is 2.39 bits per heavy atom. The molecule has 1 aliphatic rings. The minimum Gasteiger partial charge on any atom is -0.274 e. The molecule has 0 unspecified atom stereocenters. The number of nitrogens with zero attached hydrogens (tertiary/aromatic N) is 1. The second kappa shape index (κ2) is 4.72. The van der Waals surface area contributed by atoms with Gasteiger partial charge in [-0.1, -0.05) is 19.9 Å². The van der Waals surface area contributed by atoms with E-state index in [0.29, 0.717) is 11.3 Å². The summed E-state index contributed by atoms with van der Waals surface area (Å²) in [7, 11) is 0. The van der Waals surface area contributed by atoms with Crippen molar-refractivity contribution in [3.63, 3.8) is 0 Å². The molecule has 1 aromatic rings. The molecular weight excluding hydrogens is 233 g/mol. The summed E-state index contributed by atoms with van der Waals surface area (Å²) < 4.78 is 12.8. The molecule has 4 heteroatoms. The average molecular weight is 247 g/mol. The van der Waals surface area contributed by atoms with Crippen molar-refractivity contribution >= 4 is 17.5 Å². The Kier molecular flexibility index (Phi) is 3.28. The zero-order valence-corrected chi connectivity index (χ0v) is 10.3. The first-order valence-corrected chi connectivity index (χ1v) is 5.82. The molecule has 0 spiro atoms. The number of carbonyl (C=O) groups is 2. The lowest BCUT2D eigenvalue weighted by atomic mass is 10.1. The SMILES string of the molecule is CC(C)C=C1CC(=O)N(c2ccc(F)cc2)C1=O. The Labute approximate surface area is 105 Å². The number of hydrogen-bond donors (Lipinski definition) is 0. The molecule has 1 aliphatic heterocycles. The van der Waals surface area contributed by atoms with Gasteiger partial charge < -0.3 is 0 Å². The third kappa shape index (κ3) is 2.32. The molecule has 3 nitrogen and oxygen atoms in total. The van der Waals surface area contributed by atoms with Crippen molar-refractivity contribution in [2.45, 2.75) is 20.3 Å². The number of amides is 2. The summed E-state index contributed by atoms with van der Waals surface area (Å²) in [4.78, 5) is 25.0. The van der Waals surface area contributed by atoms with Gasteiger partial charge in [0.1, 0.15) is 5.82 Å². The maximum absolute atomic E-state index is 12.8. The first kappa shape index (κ1) is 12.5. The molecule has 18 heavy (non-hydrogen) atoms. The highest BCUT2D eigenvalue weighted by atomic mass is 19.1. The molecule has 0 aromatic heterocycles. The summed E-state index contributed by atoms with van der Waals surface area (Å²) in [6.45, 7) is 3.90. The van der Waals surface area contributed by atoms with E-state index in [0.717, 1.165) is 4.90 Å². The highest BCUT2D eigenvalue weighted by molar-refractivity contribution is 6.28. The molecule has 1 aromatic carbocycles. The lowest BCUT2D eigenvalue weighted by molar-refractivity contribution is -0.120. The number of benzene rings is 1. The molecular formula is C14H14FNO2. The van der Waals surface area contributed by atoms with E-state index >= 15 is 0 Å². The number of anilines is 1. The third-order valence-electron chi connectivity index (χ3n) is 2.69. The fourth-order valence-corrected chi connectivity index (χ4v) is 1.96. The van der Waals surface area contributed by atoms with E-state index < -0.39 is 5.82 Å². The van der Waals surface area contributed by atoms with Crippen molar-refractivity contribution in [3.05, 3.63) is 41.7 Å². The van der Waals surface area contributed by atoms with Crippen molar-refractivity contribution in [3.8, 4) is 0 Å². The van der Waals surface area contributed by atoms with Crippen molar-refractivity contribution in [2.75, 3.05) is 4.90 Å². The van der Waals surface area contributed by atoms with E-state index in [1.165, 1.54) is 24.3 Å². The number of imide groups is 1. The van der Waals surface area contributed by atoms with Gasteiger partial charge in [0.2, 0.25) is 5.91 Å². The second-order valence-electron chi connectivity index (χ2n) is 4.62. The zero-order chi connectivity index (χ0) is 13.3. The summed E-state index contributed by atoms with van der Waals surface area (Å²) in [6.07, 6.45) is 1.91. The molecule has 2 amide bonds. The van der Waals surface area contributed by atoms with Gasteiger partial charge >= 0.3 is 0 Å². The van der Waals surface area contributed by atoms with Crippen molar-refractivity contribution in [1.82, 2.24) is 0 Å². The molecule has 0 radical (unpaired) electrons. The Morgan fingerprint density at radius 1 is 1.22 bits per heavy atom. The van der Waals surface area contributed by atoms with Crippen LogP contribution in [0.15, 0.2) is 35.9 Å². The van der Waals surface area contributed by atoms with Gasteiger partial charge in [-0.25, -0.2) is 9.29 Å². The smallest absolute Gasteiger partial charge is 0.261 e. The molecule has 1 fully saturated rings. The highest BCUT2D eigenvalue weighted by Crippen LogP contribution is 2.26. The largest absolute Gasteiger partial charge is 0.274 e. The number of rotatable bonds is 2. The average Bonchev–Trinajstić information content (AvgIpc) is 2.55. The Bertz CT molecular complexity index is 517. The van der Waals surface area contributed by atoms with E-state index in [4.69, 9.17) is 0 Å². The van der Waals surface area contributed by atoms with Gasteiger partial charge in [-0.05, 0) is 30.2 Å². The van der Waals surface area contributed by atoms with Gasteiger partial charge in [0, 0.05) is 5.57 Å². The predicted molar refractivity (Wildman–Crippen MR) is 66.4 cm³/mol. The van der Waals surface area contributed by atoms with Gasteiger partial charge in [0.25, 0.3) is 5.91 Å². The lowest BCUT2D eigenvalue weighted by Crippen LogP contribution is -2.28. The minimum absolute atomic E-state index is 0.119. The minimum atomic E-state index is -0.393. The summed E-state index contributed by atoms with van der Waals surface area (Å²) in [5, 5.41) is 0. The fourth-order valence-electron chi connectivity index (χ4n) is 1.96. The molecule has 1 saturated heterocycles. The molecule has 0 N–H and O–H groups in total. The molecule has 0 atom stereocenters. The van der Waals surface area contributed by atoms with E-state index in [2.05, 4.69) is 0 Å². The van der Waals surface area contributed by atoms with Gasteiger partial charge in [-0.3, -0.25) is 9.59 Å². The van der Waals surface area contributed by atoms with Gasteiger partial charge in [-0.15, -0.1) is 0 Å². The third-order valence-corrected chi connectivity index (χ3v) is 2.69. The number of carbonyl (C=O) groups excluding carboxylic acids is 2. The van der Waals surface area contributed by atoms with Crippen molar-refractivity contribution in [1.29, 1.82) is 0 Å². The number of allylic oxidation sites excluding steroid dienone is 1. The fraction of sp³-hybridized carbons (Fsp3) is 0.286.